The van der Waals surface area contributed by atoms with Crippen molar-refractivity contribution in [2.24, 2.45) is 0 Å². The van der Waals surface area contributed by atoms with Crippen molar-refractivity contribution in [2.45, 2.75) is 6.54 Å². The second-order valence-electron chi connectivity index (χ2n) is 4.34. The Labute approximate surface area is 130 Å². The van der Waals surface area contributed by atoms with Crippen molar-refractivity contribution >= 4 is 28.4 Å². The van der Waals surface area contributed by atoms with Crippen LogP contribution in [0.2, 0.25) is 0 Å². The summed E-state index contributed by atoms with van der Waals surface area (Å²) in [6.45, 7) is 0.723. The van der Waals surface area contributed by atoms with Gasteiger partial charge in [-0.3, -0.25) is 4.68 Å². The van der Waals surface area contributed by atoms with Gasteiger partial charge in [0.2, 0.25) is 0 Å². The van der Waals surface area contributed by atoms with E-state index in [1.165, 1.54) is 5.56 Å². The van der Waals surface area contributed by atoms with E-state index >= 15 is 0 Å². The molecule has 3 aromatic rings. The fourth-order valence-electron chi connectivity index (χ4n) is 1.86. The van der Waals surface area contributed by atoms with Crippen LogP contribution in [0.5, 0.6) is 0 Å². The molecule has 2 N–H and O–H groups in total. The van der Waals surface area contributed by atoms with E-state index in [0.717, 1.165) is 15.7 Å². The van der Waals surface area contributed by atoms with Crippen LogP contribution < -0.4 is 5.73 Å². The summed E-state index contributed by atoms with van der Waals surface area (Å²) in [6.07, 6.45) is 5.39. The zero-order valence-corrected chi connectivity index (χ0v) is 12.7. The first-order valence-electron chi connectivity index (χ1n) is 6.07. The monoisotopic (exact) mass is 377 g/mol. The minimum atomic E-state index is 0.492. The topological polar surface area (TPSA) is 69.6 Å². The van der Waals surface area contributed by atoms with Gasteiger partial charge in [-0.1, -0.05) is 30.3 Å². The van der Waals surface area contributed by atoms with Crippen LogP contribution in [0.15, 0.2) is 48.9 Å². The number of halogens is 1. The number of nitrogen functional groups attached to an aromatic ring is 1. The standard InChI is InChI=1S/C14H12IN5/c15-12-7-17-14(19-13(12)16)11-6-18-20(9-11)8-10-4-2-1-3-5-10/h1-7,9H,8H2,(H2,16,17,19). The number of benzene rings is 1. The smallest absolute Gasteiger partial charge is 0.164 e. The van der Waals surface area contributed by atoms with Crippen LogP contribution in [-0.4, -0.2) is 19.7 Å². The van der Waals surface area contributed by atoms with Crippen LogP contribution in [0.25, 0.3) is 11.4 Å². The molecule has 5 nitrogen and oxygen atoms in total. The van der Waals surface area contributed by atoms with E-state index in [2.05, 4.69) is 49.8 Å². The molecular formula is C14H12IN5. The first-order chi connectivity index (χ1) is 9.72. The fourth-order valence-corrected chi connectivity index (χ4v) is 2.12. The molecule has 3 rings (SSSR count). The molecule has 0 aliphatic heterocycles. The number of aromatic nitrogens is 4. The molecule has 0 atom stereocenters. The van der Waals surface area contributed by atoms with E-state index < -0.39 is 0 Å². The summed E-state index contributed by atoms with van der Waals surface area (Å²) in [4.78, 5) is 8.55. The molecular weight excluding hydrogens is 365 g/mol. The van der Waals surface area contributed by atoms with E-state index in [-0.39, 0.29) is 0 Å². The average molecular weight is 377 g/mol. The minimum absolute atomic E-state index is 0.492. The molecule has 2 heterocycles. The molecule has 0 amide bonds. The number of hydrogen-bond acceptors (Lipinski definition) is 4. The van der Waals surface area contributed by atoms with E-state index in [0.29, 0.717) is 11.6 Å². The van der Waals surface area contributed by atoms with E-state index in [9.17, 15) is 0 Å². The average Bonchev–Trinajstić information content (AvgIpc) is 2.91. The number of nitrogens with two attached hydrogens (primary N) is 1. The molecule has 0 aliphatic carbocycles. The Morgan fingerprint density at radius 3 is 2.70 bits per heavy atom. The van der Waals surface area contributed by atoms with Gasteiger partial charge in [-0.05, 0) is 28.2 Å². The number of anilines is 1. The maximum atomic E-state index is 5.80. The maximum absolute atomic E-state index is 5.80. The van der Waals surface area contributed by atoms with Gasteiger partial charge in [0.1, 0.15) is 5.82 Å². The van der Waals surface area contributed by atoms with Crippen LogP contribution in [0.1, 0.15) is 5.56 Å². The van der Waals surface area contributed by atoms with Gasteiger partial charge in [0.15, 0.2) is 5.82 Å². The third kappa shape index (κ3) is 2.79. The Hall–Kier alpha value is -1.96. The lowest BCUT2D eigenvalue weighted by atomic mass is 10.2. The summed E-state index contributed by atoms with van der Waals surface area (Å²) < 4.78 is 2.71. The highest BCUT2D eigenvalue weighted by atomic mass is 127. The molecule has 0 unspecified atom stereocenters. The van der Waals surface area contributed by atoms with Crippen molar-refractivity contribution < 1.29 is 0 Å². The van der Waals surface area contributed by atoms with Crippen LogP contribution in [0, 0.1) is 3.57 Å². The minimum Gasteiger partial charge on any atom is -0.383 e. The van der Waals surface area contributed by atoms with E-state index in [1.807, 2.05) is 29.1 Å². The molecule has 0 saturated heterocycles. The summed E-state index contributed by atoms with van der Waals surface area (Å²) in [5.74, 6) is 1.09. The van der Waals surface area contributed by atoms with Crippen LogP contribution in [0.4, 0.5) is 5.82 Å². The van der Waals surface area contributed by atoms with Crippen LogP contribution in [0.3, 0.4) is 0 Å². The Morgan fingerprint density at radius 1 is 1.15 bits per heavy atom. The summed E-state index contributed by atoms with van der Waals surface area (Å²) in [5, 5.41) is 4.33. The quantitative estimate of drug-likeness (QED) is 0.713. The van der Waals surface area contributed by atoms with Crippen LogP contribution in [-0.2, 0) is 6.54 Å². The Bertz CT molecular complexity index is 723. The zero-order chi connectivity index (χ0) is 13.9. The molecule has 0 spiro atoms. The third-order valence-electron chi connectivity index (χ3n) is 2.85. The van der Waals surface area contributed by atoms with Gasteiger partial charge in [-0.25, -0.2) is 9.97 Å². The Balaban J connectivity index is 1.84. The van der Waals surface area contributed by atoms with Crippen molar-refractivity contribution in [3.05, 3.63) is 58.1 Å². The number of nitrogens with zero attached hydrogens (tertiary/aromatic N) is 4. The van der Waals surface area contributed by atoms with Gasteiger partial charge in [0.25, 0.3) is 0 Å². The molecule has 0 aliphatic rings. The summed E-state index contributed by atoms with van der Waals surface area (Å²) in [7, 11) is 0. The van der Waals surface area contributed by atoms with Crippen molar-refractivity contribution in [1.29, 1.82) is 0 Å². The predicted octanol–water partition coefficient (Wildman–Crippen LogP) is 2.58. The van der Waals surface area contributed by atoms with Gasteiger partial charge < -0.3 is 5.73 Å². The predicted molar refractivity (Wildman–Crippen MR) is 85.9 cm³/mol. The SMILES string of the molecule is Nc1nc(-c2cnn(Cc3ccccc3)c2)ncc1I. The molecule has 2 aromatic heterocycles. The number of rotatable bonds is 3. The maximum Gasteiger partial charge on any atom is 0.164 e. The molecule has 20 heavy (non-hydrogen) atoms. The van der Waals surface area contributed by atoms with E-state index in [1.54, 1.807) is 12.4 Å². The number of hydrogen-bond donors (Lipinski definition) is 1. The second kappa shape index (κ2) is 5.58. The highest BCUT2D eigenvalue weighted by Crippen LogP contribution is 2.18. The van der Waals surface area contributed by atoms with E-state index in [4.69, 9.17) is 5.73 Å². The molecule has 0 radical (unpaired) electrons. The summed E-state index contributed by atoms with van der Waals surface area (Å²) in [6, 6.07) is 10.2. The van der Waals surface area contributed by atoms with Gasteiger partial charge in [0.05, 0.1) is 21.9 Å². The Kier molecular flexibility index (Phi) is 3.64. The molecule has 6 heteroatoms. The fraction of sp³-hybridized carbons (Fsp3) is 0.0714. The molecule has 1 aromatic carbocycles. The van der Waals surface area contributed by atoms with Gasteiger partial charge in [-0.2, -0.15) is 5.10 Å². The van der Waals surface area contributed by atoms with Gasteiger partial charge in [-0.15, -0.1) is 0 Å². The van der Waals surface area contributed by atoms with Gasteiger partial charge >= 0.3 is 0 Å². The van der Waals surface area contributed by atoms with Gasteiger partial charge in [0, 0.05) is 12.4 Å². The lowest BCUT2D eigenvalue weighted by molar-refractivity contribution is 0.687. The molecule has 0 fully saturated rings. The lowest BCUT2D eigenvalue weighted by Crippen LogP contribution is -1.99. The zero-order valence-electron chi connectivity index (χ0n) is 10.6. The van der Waals surface area contributed by atoms with Crippen molar-refractivity contribution in [3.8, 4) is 11.4 Å². The third-order valence-corrected chi connectivity index (χ3v) is 3.68. The summed E-state index contributed by atoms with van der Waals surface area (Å²) >= 11 is 2.11. The normalized spacial score (nSPS) is 10.7. The van der Waals surface area contributed by atoms with Crippen LogP contribution >= 0.6 is 22.6 Å². The van der Waals surface area contributed by atoms with Crippen molar-refractivity contribution in [1.82, 2.24) is 19.7 Å². The lowest BCUT2D eigenvalue weighted by Gasteiger charge is -2.01. The van der Waals surface area contributed by atoms with Crippen molar-refractivity contribution in [2.75, 3.05) is 5.73 Å². The molecule has 0 bridgehead atoms. The highest BCUT2D eigenvalue weighted by Gasteiger charge is 2.07. The second-order valence-corrected chi connectivity index (χ2v) is 5.50. The molecule has 0 saturated carbocycles. The first-order valence-corrected chi connectivity index (χ1v) is 7.15. The highest BCUT2D eigenvalue weighted by molar-refractivity contribution is 14.1. The molecule has 100 valence electrons. The van der Waals surface area contributed by atoms with Crippen molar-refractivity contribution in [3.63, 3.8) is 0 Å². The first kappa shape index (κ1) is 13.0. The Morgan fingerprint density at radius 2 is 1.95 bits per heavy atom. The summed E-state index contributed by atoms with van der Waals surface area (Å²) in [5.41, 5.74) is 7.87. The largest absolute Gasteiger partial charge is 0.383 e.